The van der Waals surface area contributed by atoms with Crippen molar-refractivity contribution in [2.75, 3.05) is 0 Å². The quantitative estimate of drug-likeness (QED) is 0.630. The van der Waals surface area contributed by atoms with Crippen LogP contribution in [0, 0.1) is 12.7 Å². The second-order valence-electron chi connectivity index (χ2n) is 3.73. The summed E-state index contributed by atoms with van der Waals surface area (Å²) in [4.78, 5) is 22.3. The number of hydrogen-bond acceptors (Lipinski definition) is 2. The van der Waals surface area contributed by atoms with Crippen LogP contribution in [0.4, 0.5) is 4.39 Å². The summed E-state index contributed by atoms with van der Waals surface area (Å²) >= 11 is 3.17. The molecule has 1 aromatic rings. The summed E-state index contributed by atoms with van der Waals surface area (Å²) in [6.07, 6.45) is 0. The molecular formula is C11H9BrFNO2. The number of hydrogen-bond donors (Lipinski definition) is 1. The minimum Gasteiger partial charge on any atom is -0.295 e. The summed E-state index contributed by atoms with van der Waals surface area (Å²) in [5.74, 6) is -1.62. The molecule has 3 nitrogen and oxygen atoms in total. The highest BCUT2D eigenvalue weighted by molar-refractivity contribution is 9.10. The van der Waals surface area contributed by atoms with Gasteiger partial charge in [0.25, 0.3) is 0 Å². The molecule has 0 saturated carbocycles. The fourth-order valence-corrected chi connectivity index (χ4v) is 2.48. The van der Waals surface area contributed by atoms with Crippen molar-refractivity contribution in [3.8, 4) is 0 Å². The van der Waals surface area contributed by atoms with Crippen LogP contribution >= 0.6 is 15.9 Å². The van der Waals surface area contributed by atoms with Crippen LogP contribution in [0.2, 0.25) is 0 Å². The van der Waals surface area contributed by atoms with Gasteiger partial charge >= 0.3 is 0 Å². The first kappa shape index (κ1) is 11.3. The molecule has 1 fully saturated rings. The fraction of sp³-hybridized carbons (Fsp3) is 0.273. The number of aryl methyl sites for hydroxylation is 1. The van der Waals surface area contributed by atoms with E-state index in [1.165, 1.54) is 12.1 Å². The predicted octanol–water partition coefficient (Wildman–Crippen LogP) is 1.64. The van der Waals surface area contributed by atoms with Crippen molar-refractivity contribution in [2.24, 2.45) is 0 Å². The van der Waals surface area contributed by atoms with E-state index in [-0.39, 0.29) is 17.6 Å². The molecule has 2 atom stereocenters. The Kier molecular flexibility index (Phi) is 2.80. The van der Waals surface area contributed by atoms with Crippen molar-refractivity contribution in [3.63, 3.8) is 0 Å². The largest absolute Gasteiger partial charge is 0.295 e. The van der Waals surface area contributed by atoms with Gasteiger partial charge in [-0.1, -0.05) is 22.0 Å². The maximum absolute atomic E-state index is 12.9. The molecule has 2 rings (SSSR count). The van der Waals surface area contributed by atoms with Crippen LogP contribution in [-0.2, 0) is 9.59 Å². The highest BCUT2D eigenvalue weighted by Gasteiger charge is 2.41. The van der Waals surface area contributed by atoms with Gasteiger partial charge in [-0.05, 0) is 30.2 Å². The van der Waals surface area contributed by atoms with Gasteiger partial charge in [0.1, 0.15) is 10.6 Å². The first-order valence-electron chi connectivity index (χ1n) is 4.75. The molecule has 1 saturated heterocycles. The number of carbonyl (C=O) groups excluding carboxylic acids is 2. The molecule has 84 valence electrons. The maximum atomic E-state index is 12.9. The standard InChI is InChI=1S/C11H9BrFNO2/c1-5-4-6(13)2-3-7(5)8-9(12)11(16)14-10(8)15/h2-4,8-9H,1H3,(H,14,15,16). The molecule has 1 aromatic carbocycles. The van der Waals surface area contributed by atoms with Crippen molar-refractivity contribution in [3.05, 3.63) is 35.1 Å². The molecule has 0 bridgehead atoms. The van der Waals surface area contributed by atoms with E-state index in [1.54, 1.807) is 13.0 Å². The van der Waals surface area contributed by atoms with E-state index in [4.69, 9.17) is 0 Å². The van der Waals surface area contributed by atoms with Gasteiger partial charge in [0, 0.05) is 0 Å². The Morgan fingerprint density at radius 1 is 1.31 bits per heavy atom. The van der Waals surface area contributed by atoms with Gasteiger partial charge in [-0.25, -0.2) is 4.39 Å². The van der Waals surface area contributed by atoms with E-state index in [9.17, 15) is 14.0 Å². The lowest BCUT2D eigenvalue weighted by molar-refractivity contribution is -0.125. The Balaban J connectivity index is 2.44. The van der Waals surface area contributed by atoms with Gasteiger partial charge in [0.2, 0.25) is 11.8 Å². The van der Waals surface area contributed by atoms with Crippen LogP contribution < -0.4 is 5.32 Å². The second kappa shape index (κ2) is 3.97. The zero-order valence-corrected chi connectivity index (χ0v) is 10.0. The zero-order chi connectivity index (χ0) is 11.9. The topological polar surface area (TPSA) is 46.2 Å². The Morgan fingerprint density at radius 3 is 2.50 bits per heavy atom. The zero-order valence-electron chi connectivity index (χ0n) is 8.46. The minimum absolute atomic E-state index is 0.346. The van der Waals surface area contributed by atoms with Gasteiger partial charge in [-0.3, -0.25) is 14.9 Å². The minimum atomic E-state index is -0.579. The lowest BCUT2D eigenvalue weighted by Gasteiger charge is -2.13. The van der Waals surface area contributed by atoms with Gasteiger partial charge in [-0.2, -0.15) is 0 Å². The second-order valence-corrected chi connectivity index (χ2v) is 4.72. The van der Waals surface area contributed by atoms with Crippen LogP contribution in [0.3, 0.4) is 0 Å². The number of carbonyl (C=O) groups is 2. The number of rotatable bonds is 1. The lowest BCUT2D eigenvalue weighted by Crippen LogP contribution is -2.22. The number of imide groups is 1. The van der Waals surface area contributed by atoms with Crippen LogP contribution in [0.1, 0.15) is 17.0 Å². The molecule has 1 heterocycles. The fourth-order valence-electron chi connectivity index (χ4n) is 1.84. The molecule has 1 N–H and O–H groups in total. The van der Waals surface area contributed by atoms with Crippen LogP contribution in [-0.4, -0.2) is 16.6 Å². The average Bonchev–Trinajstić information content (AvgIpc) is 2.43. The highest BCUT2D eigenvalue weighted by atomic mass is 79.9. The Labute approximate surface area is 100 Å². The summed E-state index contributed by atoms with van der Waals surface area (Å²) < 4.78 is 12.9. The molecule has 0 radical (unpaired) electrons. The van der Waals surface area contributed by atoms with Crippen molar-refractivity contribution < 1.29 is 14.0 Å². The normalized spacial score (nSPS) is 24.7. The molecule has 0 aliphatic carbocycles. The summed E-state index contributed by atoms with van der Waals surface area (Å²) in [5.41, 5.74) is 1.34. The third-order valence-electron chi connectivity index (χ3n) is 2.64. The van der Waals surface area contributed by atoms with Crippen molar-refractivity contribution in [1.29, 1.82) is 0 Å². The summed E-state index contributed by atoms with van der Waals surface area (Å²) in [5, 5.41) is 2.24. The monoisotopic (exact) mass is 285 g/mol. The molecule has 1 aliphatic rings. The average molecular weight is 286 g/mol. The lowest BCUT2D eigenvalue weighted by atomic mass is 9.93. The first-order chi connectivity index (χ1) is 7.50. The predicted molar refractivity (Wildman–Crippen MR) is 59.7 cm³/mol. The first-order valence-corrected chi connectivity index (χ1v) is 5.67. The maximum Gasteiger partial charge on any atom is 0.241 e. The molecule has 5 heteroatoms. The van der Waals surface area contributed by atoms with Gasteiger partial charge in [-0.15, -0.1) is 0 Å². The van der Waals surface area contributed by atoms with Crippen molar-refractivity contribution >= 4 is 27.7 Å². The summed E-state index contributed by atoms with van der Waals surface area (Å²) in [6, 6.07) is 4.19. The van der Waals surface area contributed by atoms with Crippen molar-refractivity contribution in [2.45, 2.75) is 17.7 Å². The van der Waals surface area contributed by atoms with Crippen LogP contribution in [0.5, 0.6) is 0 Å². The van der Waals surface area contributed by atoms with E-state index in [2.05, 4.69) is 21.2 Å². The smallest absolute Gasteiger partial charge is 0.241 e. The molecule has 1 aliphatic heterocycles. The molecule has 2 amide bonds. The Bertz CT molecular complexity index is 475. The van der Waals surface area contributed by atoms with Crippen molar-refractivity contribution in [1.82, 2.24) is 5.32 Å². The number of benzene rings is 1. The van der Waals surface area contributed by atoms with E-state index >= 15 is 0 Å². The Hall–Kier alpha value is -1.23. The number of amides is 2. The summed E-state index contributed by atoms with van der Waals surface area (Å²) in [7, 11) is 0. The van der Waals surface area contributed by atoms with Gasteiger partial charge in [0.15, 0.2) is 0 Å². The highest BCUT2D eigenvalue weighted by Crippen LogP contribution is 2.32. The molecule has 16 heavy (non-hydrogen) atoms. The van der Waals surface area contributed by atoms with Gasteiger partial charge < -0.3 is 0 Å². The van der Waals surface area contributed by atoms with Crippen LogP contribution in [0.15, 0.2) is 18.2 Å². The summed E-state index contributed by atoms with van der Waals surface area (Å²) in [6.45, 7) is 1.72. The Morgan fingerprint density at radius 2 is 2.00 bits per heavy atom. The van der Waals surface area contributed by atoms with E-state index < -0.39 is 10.7 Å². The molecule has 0 spiro atoms. The SMILES string of the molecule is Cc1cc(F)ccc1C1C(=O)NC(=O)C1Br. The number of halogens is 2. The third kappa shape index (κ3) is 1.75. The molecule has 0 aromatic heterocycles. The van der Waals surface area contributed by atoms with E-state index in [0.717, 1.165) is 0 Å². The molecular weight excluding hydrogens is 277 g/mol. The van der Waals surface area contributed by atoms with Crippen LogP contribution in [0.25, 0.3) is 0 Å². The number of nitrogens with one attached hydrogen (secondary N) is 1. The number of alkyl halides is 1. The van der Waals surface area contributed by atoms with Gasteiger partial charge in [0.05, 0.1) is 5.92 Å². The van der Waals surface area contributed by atoms with E-state index in [0.29, 0.717) is 11.1 Å². The molecule has 2 unspecified atom stereocenters. The van der Waals surface area contributed by atoms with E-state index in [1.807, 2.05) is 0 Å². The third-order valence-corrected chi connectivity index (χ3v) is 3.58.